The second-order valence-electron chi connectivity index (χ2n) is 5.50. The Morgan fingerprint density at radius 2 is 1.86 bits per heavy atom. The Balaban J connectivity index is 1.85. The fourth-order valence-electron chi connectivity index (χ4n) is 2.72. The van der Waals surface area contributed by atoms with E-state index in [1.54, 1.807) is 6.33 Å². The van der Waals surface area contributed by atoms with Crippen molar-refractivity contribution < 1.29 is 0 Å². The molecule has 0 bridgehead atoms. The smallest absolute Gasteiger partial charge is 0.159 e. The Labute approximate surface area is 135 Å². The Morgan fingerprint density at radius 3 is 2.59 bits per heavy atom. The molecular weight excluding hydrogens is 298 g/mol. The number of hydrogen-bond donors (Lipinski definition) is 2. The minimum atomic E-state index is 0.587. The highest BCUT2D eigenvalue weighted by Gasteiger charge is 2.16. The van der Waals surface area contributed by atoms with Gasteiger partial charge in [-0.2, -0.15) is 0 Å². The number of nitrogens with zero attached hydrogens (tertiary/aromatic N) is 3. The highest BCUT2D eigenvalue weighted by Crippen LogP contribution is 2.30. The molecule has 116 valence electrons. The van der Waals surface area contributed by atoms with Gasteiger partial charge in [-0.15, -0.1) is 0 Å². The summed E-state index contributed by atoms with van der Waals surface area (Å²) in [5.74, 6) is 1.44. The quantitative estimate of drug-likeness (QED) is 0.900. The normalized spacial score (nSPS) is 15.4. The predicted octanol–water partition coefficient (Wildman–Crippen LogP) is 3.84. The maximum absolute atomic E-state index is 6.29. The van der Waals surface area contributed by atoms with E-state index in [9.17, 15) is 0 Å². The van der Waals surface area contributed by atoms with Gasteiger partial charge in [0.2, 0.25) is 0 Å². The van der Waals surface area contributed by atoms with Crippen LogP contribution in [-0.4, -0.2) is 23.1 Å². The van der Waals surface area contributed by atoms with Gasteiger partial charge in [0.15, 0.2) is 11.6 Å². The number of hydrogen-bond acceptors (Lipinski definition) is 5. The predicted molar refractivity (Wildman–Crippen MR) is 91.9 cm³/mol. The van der Waals surface area contributed by atoms with Crippen molar-refractivity contribution in [2.45, 2.75) is 25.7 Å². The molecule has 5 nitrogen and oxygen atoms in total. The van der Waals surface area contributed by atoms with Crippen molar-refractivity contribution in [2.75, 3.05) is 29.0 Å². The summed E-state index contributed by atoms with van der Waals surface area (Å²) in [4.78, 5) is 10.9. The fraction of sp³-hybridized carbons (Fsp3) is 0.375. The number of anilines is 4. The van der Waals surface area contributed by atoms with Crippen molar-refractivity contribution in [3.8, 4) is 0 Å². The lowest BCUT2D eigenvalue weighted by Crippen LogP contribution is -2.26. The summed E-state index contributed by atoms with van der Waals surface area (Å²) < 4.78 is 0. The SMILES string of the molecule is Nc1c(Nc2cccc(Cl)c2)ncnc1N1CCCCCC1. The van der Waals surface area contributed by atoms with Crippen LogP contribution in [-0.2, 0) is 0 Å². The van der Waals surface area contributed by atoms with Crippen molar-refractivity contribution in [3.63, 3.8) is 0 Å². The summed E-state index contributed by atoms with van der Waals surface area (Å²) in [6, 6.07) is 7.49. The summed E-state index contributed by atoms with van der Waals surface area (Å²) in [6.07, 6.45) is 6.47. The van der Waals surface area contributed by atoms with E-state index in [0.29, 0.717) is 16.5 Å². The molecule has 1 aromatic carbocycles. The maximum Gasteiger partial charge on any atom is 0.159 e. The number of benzene rings is 1. The molecule has 1 aromatic heterocycles. The molecular formula is C16H20ClN5. The summed E-state index contributed by atoms with van der Waals surface area (Å²) in [7, 11) is 0. The minimum Gasteiger partial charge on any atom is -0.393 e. The van der Waals surface area contributed by atoms with Crippen molar-refractivity contribution in [2.24, 2.45) is 0 Å². The lowest BCUT2D eigenvalue weighted by molar-refractivity contribution is 0.726. The van der Waals surface area contributed by atoms with Crippen LogP contribution in [0.5, 0.6) is 0 Å². The molecule has 0 amide bonds. The number of rotatable bonds is 3. The van der Waals surface area contributed by atoms with Gasteiger partial charge in [0.25, 0.3) is 0 Å². The highest BCUT2D eigenvalue weighted by atomic mass is 35.5. The van der Waals surface area contributed by atoms with E-state index in [1.165, 1.54) is 25.7 Å². The van der Waals surface area contributed by atoms with Crippen molar-refractivity contribution in [1.29, 1.82) is 0 Å². The first-order chi connectivity index (χ1) is 10.7. The number of nitrogens with one attached hydrogen (secondary N) is 1. The van der Waals surface area contributed by atoms with E-state index in [1.807, 2.05) is 24.3 Å². The van der Waals surface area contributed by atoms with Gasteiger partial charge in [-0.25, -0.2) is 9.97 Å². The number of nitrogen functional groups attached to an aromatic ring is 1. The van der Waals surface area contributed by atoms with Gasteiger partial charge in [-0.05, 0) is 31.0 Å². The average molecular weight is 318 g/mol. The fourth-order valence-corrected chi connectivity index (χ4v) is 2.91. The molecule has 2 aromatic rings. The van der Waals surface area contributed by atoms with Gasteiger partial charge in [0, 0.05) is 23.8 Å². The van der Waals surface area contributed by atoms with Crippen molar-refractivity contribution in [3.05, 3.63) is 35.6 Å². The van der Waals surface area contributed by atoms with Gasteiger partial charge >= 0.3 is 0 Å². The number of aromatic nitrogens is 2. The zero-order chi connectivity index (χ0) is 15.4. The Bertz CT molecular complexity index is 638. The van der Waals surface area contributed by atoms with Gasteiger partial charge < -0.3 is 16.0 Å². The minimum absolute atomic E-state index is 0.587. The van der Waals surface area contributed by atoms with Crippen LogP contribution in [0.25, 0.3) is 0 Å². The molecule has 1 aliphatic rings. The molecule has 6 heteroatoms. The highest BCUT2D eigenvalue weighted by molar-refractivity contribution is 6.30. The first-order valence-electron chi connectivity index (χ1n) is 7.62. The first-order valence-corrected chi connectivity index (χ1v) is 8.00. The second kappa shape index (κ2) is 6.83. The molecule has 3 rings (SSSR count). The van der Waals surface area contributed by atoms with Crippen LogP contribution >= 0.6 is 11.6 Å². The second-order valence-corrected chi connectivity index (χ2v) is 5.93. The molecule has 2 heterocycles. The number of nitrogens with two attached hydrogens (primary N) is 1. The maximum atomic E-state index is 6.29. The Morgan fingerprint density at radius 1 is 1.09 bits per heavy atom. The molecule has 0 unspecified atom stereocenters. The summed E-state index contributed by atoms with van der Waals surface area (Å²) in [6.45, 7) is 2.00. The van der Waals surface area contributed by atoms with Crippen LogP contribution in [0.15, 0.2) is 30.6 Å². The van der Waals surface area contributed by atoms with Gasteiger partial charge in [-0.3, -0.25) is 0 Å². The van der Waals surface area contributed by atoms with Crippen molar-refractivity contribution in [1.82, 2.24) is 9.97 Å². The summed E-state index contributed by atoms with van der Waals surface area (Å²) in [5.41, 5.74) is 7.74. The van der Waals surface area contributed by atoms with E-state index in [0.717, 1.165) is 24.6 Å². The Kier molecular flexibility index (Phi) is 4.63. The molecule has 0 atom stereocenters. The molecule has 1 saturated heterocycles. The van der Waals surface area contributed by atoms with E-state index in [-0.39, 0.29) is 0 Å². The third-order valence-electron chi connectivity index (χ3n) is 3.86. The average Bonchev–Trinajstić information content (AvgIpc) is 2.79. The monoisotopic (exact) mass is 317 g/mol. The standard InChI is InChI=1S/C16H20ClN5/c17-12-6-5-7-13(10-12)21-15-14(18)16(20-11-19-15)22-8-3-1-2-4-9-22/h5-7,10-11H,1-4,8-9,18H2,(H,19,20,21). The zero-order valence-electron chi connectivity index (χ0n) is 12.4. The molecule has 0 spiro atoms. The van der Waals surface area contributed by atoms with Crippen LogP contribution in [0.3, 0.4) is 0 Å². The molecule has 22 heavy (non-hydrogen) atoms. The summed E-state index contributed by atoms with van der Waals surface area (Å²) in [5, 5.41) is 3.89. The van der Waals surface area contributed by atoms with Crippen LogP contribution in [0.2, 0.25) is 5.02 Å². The van der Waals surface area contributed by atoms with Crippen LogP contribution < -0.4 is 16.0 Å². The third-order valence-corrected chi connectivity index (χ3v) is 4.09. The third kappa shape index (κ3) is 3.42. The van der Waals surface area contributed by atoms with E-state index >= 15 is 0 Å². The molecule has 0 aliphatic carbocycles. The van der Waals surface area contributed by atoms with E-state index < -0.39 is 0 Å². The number of halogens is 1. The van der Waals surface area contributed by atoms with Crippen molar-refractivity contribution >= 4 is 34.6 Å². The van der Waals surface area contributed by atoms with Crippen LogP contribution in [0, 0.1) is 0 Å². The lowest BCUT2D eigenvalue weighted by Gasteiger charge is -2.23. The molecule has 3 N–H and O–H groups in total. The topological polar surface area (TPSA) is 67.1 Å². The zero-order valence-corrected chi connectivity index (χ0v) is 13.2. The summed E-state index contributed by atoms with van der Waals surface area (Å²) >= 11 is 6.01. The van der Waals surface area contributed by atoms with Crippen LogP contribution in [0.4, 0.5) is 23.0 Å². The van der Waals surface area contributed by atoms with E-state index in [2.05, 4.69) is 20.2 Å². The molecule has 1 fully saturated rings. The molecule has 1 aliphatic heterocycles. The van der Waals surface area contributed by atoms with Crippen LogP contribution in [0.1, 0.15) is 25.7 Å². The molecule has 0 radical (unpaired) electrons. The first kappa shape index (κ1) is 14.9. The van der Waals surface area contributed by atoms with Gasteiger partial charge in [-0.1, -0.05) is 30.5 Å². The van der Waals surface area contributed by atoms with E-state index in [4.69, 9.17) is 17.3 Å². The Hall–Kier alpha value is -2.01. The van der Waals surface area contributed by atoms with Gasteiger partial charge in [0.1, 0.15) is 12.0 Å². The largest absolute Gasteiger partial charge is 0.393 e. The molecule has 0 saturated carbocycles. The van der Waals surface area contributed by atoms with Gasteiger partial charge in [0.05, 0.1) is 0 Å². The lowest BCUT2D eigenvalue weighted by atomic mass is 10.2.